The quantitative estimate of drug-likeness (QED) is 0.152. The lowest BCUT2D eigenvalue weighted by Crippen LogP contribution is -2.20. The number of hydrazone groups is 1. The van der Waals surface area contributed by atoms with Gasteiger partial charge in [-0.15, -0.1) is 0 Å². The van der Waals surface area contributed by atoms with Crippen LogP contribution in [0.1, 0.15) is 22.3 Å². The fourth-order valence-corrected chi connectivity index (χ4v) is 4.37. The lowest BCUT2D eigenvalue weighted by Gasteiger charge is -2.13. The average molecular weight is 531 g/mol. The summed E-state index contributed by atoms with van der Waals surface area (Å²) in [5.74, 6) is 1.77. The average Bonchev–Trinajstić information content (AvgIpc) is 3.00. The third-order valence-corrected chi connectivity index (χ3v) is 6.40. The van der Waals surface area contributed by atoms with Gasteiger partial charge < -0.3 is 14.2 Å². The second-order valence-corrected chi connectivity index (χ2v) is 9.19. The summed E-state index contributed by atoms with van der Waals surface area (Å²) in [5, 5.41) is 6.35. The molecule has 5 aromatic carbocycles. The van der Waals surface area contributed by atoms with E-state index in [1.807, 2.05) is 115 Å². The zero-order chi connectivity index (χ0) is 27.6. The summed E-state index contributed by atoms with van der Waals surface area (Å²) in [5.41, 5.74) is 6.36. The van der Waals surface area contributed by atoms with Crippen molar-refractivity contribution in [1.29, 1.82) is 0 Å². The van der Waals surface area contributed by atoms with E-state index in [0.29, 0.717) is 30.5 Å². The zero-order valence-corrected chi connectivity index (χ0v) is 22.2. The summed E-state index contributed by atoms with van der Waals surface area (Å²) in [7, 11) is 1.62. The van der Waals surface area contributed by atoms with Crippen molar-refractivity contribution in [3.63, 3.8) is 0 Å². The number of amides is 1. The fourth-order valence-electron chi connectivity index (χ4n) is 4.37. The summed E-state index contributed by atoms with van der Waals surface area (Å²) in [4.78, 5) is 12.6. The summed E-state index contributed by atoms with van der Waals surface area (Å²) in [6.45, 7) is 0.784. The van der Waals surface area contributed by atoms with Gasteiger partial charge in [0.05, 0.1) is 19.7 Å². The summed E-state index contributed by atoms with van der Waals surface area (Å²) >= 11 is 0. The van der Waals surface area contributed by atoms with Crippen LogP contribution < -0.4 is 19.6 Å². The third kappa shape index (κ3) is 6.85. The van der Waals surface area contributed by atoms with Gasteiger partial charge in [-0.05, 0) is 51.7 Å². The van der Waals surface area contributed by atoms with Crippen LogP contribution in [0.4, 0.5) is 0 Å². The van der Waals surface area contributed by atoms with Crippen LogP contribution >= 0.6 is 0 Å². The lowest BCUT2D eigenvalue weighted by atomic mass is 10.0. The van der Waals surface area contributed by atoms with E-state index >= 15 is 0 Å². The zero-order valence-electron chi connectivity index (χ0n) is 22.2. The number of methoxy groups -OCH3 is 1. The molecule has 1 amide bonds. The minimum absolute atomic E-state index is 0.187. The van der Waals surface area contributed by atoms with Crippen LogP contribution in [-0.2, 0) is 24.4 Å². The highest BCUT2D eigenvalue weighted by molar-refractivity contribution is 5.91. The van der Waals surface area contributed by atoms with E-state index in [0.717, 1.165) is 33.0 Å². The number of nitrogens with zero attached hydrogens (tertiary/aromatic N) is 1. The molecule has 200 valence electrons. The highest BCUT2D eigenvalue weighted by atomic mass is 16.5. The van der Waals surface area contributed by atoms with Crippen molar-refractivity contribution in [3.8, 4) is 17.2 Å². The SMILES string of the molecule is COc1cc(COc2ccccc2/C=N/NC(=O)Cc2cccc3ccccc23)ccc1OCc1ccccc1. The number of hydrogen-bond acceptors (Lipinski definition) is 5. The molecule has 0 spiro atoms. The molecule has 0 aliphatic heterocycles. The van der Waals surface area contributed by atoms with Gasteiger partial charge in [-0.1, -0.05) is 91.0 Å². The Morgan fingerprint density at radius 2 is 1.45 bits per heavy atom. The smallest absolute Gasteiger partial charge is 0.244 e. The maximum Gasteiger partial charge on any atom is 0.244 e. The van der Waals surface area contributed by atoms with Crippen LogP contribution in [0.25, 0.3) is 10.8 Å². The van der Waals surface area contributed by atoms with Crippen molar-refractivity contribution in [2.75, 3.05) is 7.11 Å². The fraction of sp³-hybridized carbons (Fsp3) is 0.118. The number of hydrogen-bond donors (Lipinski definition) is 1. The van der Waals surface area contributed by atoms with E-state index in [4.69, 9.17) is 14.2 Å². The second-order valence-electron chi connectivity index (χ2n) is 9.19. The van der Waals surface area contributed by atoms with Gasteiger partial charge in [0.1, 0.15) is 19.0 Å². The molecule has 0 bridgehead atoms. The van der Waals surface area contributed by atoms with E-state index in [-0.39, 0.29) is 12.3 Å². The first kappa shape index (κ1) is 26.5. The first-order chi connectivity index (χ1) is 19.7. The van der Waals surface area contributed by atoms with Gasteiger partial charge in [-0.3, -0.25) is 4.79 Å². The molecule has 40 heavy (non-hydrogen) atoms. The number of fused-ring (bicyclic) bond motifs is 1. The Morgan fingerprint density at radius 3 is 2.33 bits per heavy atom. The summed E-state index contributed by atoms with van der Waals surface area (Å²) in [6.07, 6.45) is 1.83. The van der Waals surface area contributed by atoms with Gasteiger partial charge in [0.25, 0.3) is 0 Å². The van der Waals surface area contributed by atoms with Crippen LogP contribution in [-0.4, -0.2) is 19.2 Å². The minimum atomic E-state index is -0.187. The van der Waals surface area contributed by atoms with E-state index < -0.39 is 0 Å². The molecule has 0 heterocycles. The Labute approximate surface area is 233 Å². The molecule has 0 saturated carbocycles. The molecule has 0 unspecified atom stereocenters. The minimum Gasteiger partial charge on any atom is -0.493 e. The van der Waals surface area contributed by atoms with Crippen LogP contribution in [0.15, 0.2) is 120 Å². The van der Waals surface area contributed by atoms with E-state index in [9.17, 15) is 4.79 Å². The normalized spacial score (nSPS) is 10.9. The molecule has 0 aliphatic rings. The molecular formula is C34H30N2O4. The van der Waals surface area contributed by atoms with Crippen molar-refractivity contribution >= 4 is 22.9 Å². The van der Waals surface area contributed by atoms with E-state index in [1.54, 1.807) is 13.3 Å². The lowest BCUT2D eigenvalue weighted by molar-refractivity contribution is -0.120. The number of benzene rings is 5. The predicted octanol–water partition coefficient (Wildman–Crippen LogP) is 6.70. The third-order valence-electron chi connectivity index (χ3n) is 6.40. The van der Waals surface area contributed by atoms with Crippen LogP contribution in [0, 0.1) is 0 Å². The molecule has 1 N–H and O–H groups in total. The van der Waals surface area contributed by atoms with Crippen LogP contribution in [0.5, 0.6) is 17.2 Å². The largest absolute Gasteiger partial charge is 0.493 e. The van der Waals surface area contributed by atoms with Crippen molar-refractivity contribution < 1.29 is 19.0 Å². The van der Waals surface area contributed by atoms with Crippen molar-refractivity contribution in [3.05, 3.63) is 138 Å². The molecule has 0 aromatic heterocycles. The van der Waals surface area contributed by atoms with Gasteiger partial charge in [0.2, 0.25) is 5.91 Å². The second kappa shape index (κ2) is 13.1. The first-order valence-corrected chi connectivity index (χ1v) is 13.0. The van der Waals surface area contributed by atoms with Crippen molar-refractivity contribution in [2.24, 2.45) is 5.10 Å². The predicted molar refractivity (Wildman–Crippen MR) is 158 cm³/mol. The Balaban J connectivity index is 1.18. The van der Waals surface area contributed by atoms with Crippen LogP contribution in [0.2, 0.25) is 0 Å². The van der Waals surface area contributed by atoms with Gasteiger partial charge in [0.15, 0.2) is 11.5 Å². The molecule has 0 fully saturated rings. The Kier molecular flexibility index (Phi) is 8.69. The molecule has 6 nitrogen and oxygen atoms in total. The van der Waals surface area contributed by atoms with Crippen molar-refractivity contribution in [1.82, 2.24) is 5.43 Å². The number of ether oxygens (including phenoxy) is 3. The summed E-state index contributed by atoms with van der Waals surface area (Å²) in [6, 6.07) is 37.3. The molecule has 5 rings (SSSR count). The van der Waals surface area contributed by atoms with E-state index in [1.165, 1.54) is 0 Å². The summed E-state index contributed by atoms with van der Waals surface area (Å²) < 4.78 is 17.6. The highest BCUT2D eigenvalue weighted by Gasteiger charge is 2.09. The molecule has 0 aliphatic carbocycles. The van der Waals surface area contributed by atoms with Gasteiger partial charge >= 0.3 is 0 Å². The van der Waals surface area contributed by atoms with E-state index in [2.05, 4.69) is 10.5 Å². The molecule has 0 radical (unpaired) electrons. The molecule has 5 aromatic rings. The van der Waals surface area contributed by atoms with Crippen molar-refractivity contribution in [2.45, 2.75) is 19.6 Å². The Bertz CT molecular complexity index is 1610. The van der Waals surface area contributed by atoms with Crippen LogP contribution in [0.3, 0.4) is 0 Å². The van der Waals surface area contributed by atoms with Gasteiger partial charge in [0, 0.05) is 5.56 Å². The Hall–Kier alpha value is -5.10. The van der Waals surface area contributed by atoms with Gasteiger partial charge in [-0.2, -0.15) is 5.10 Å². The number of carbonyl (C=O) groups excluding carboxylic acids is 1. The molecular weight excluding hydrogens is 500 g/mol. The number of carbonyl (C=O) groups is 1. The monoisotopic (exact) mass is 530 g/mol. The standard InChI is InChI=1S/C34H30N2O4/c1-38-33-20-26(18-19-32(33)40-23-25-10-3-2-4-11-25)24-39-31-17-8-6-13-29(31)22-35-36-34(37)21-28-15-9-14-27-12-5-7-16-30(27)28/h2-20,22H,21,23-24H2,1H3,(H,36,37)/b35-22+. The Morgan fingerprint density at radius 1 is 0.725 bits per heavy atom. The maximum absolute atomic E-state index is 12.6. The first-order valence-electron chi connectivity index (χ1n) is 13.0. The van der Waals surface area contributed by atoms with Gasteiger partial charge in [-0.25, -0.2) is 5.43 Å². The number of nitrogens with one attached hydrogen (secondary N) is 1. The maximum atomic E-state index is 12.6. The number of para-hydroxylation sites is 1. The molecule has 0 atom stereocenters. The molecule has 6 heteroatoms. The highest BCUT2D eigenvalue weighted by Crippen LogP contribution is 2.29. The number of rotatable bonds is 11. The topological polar surface area (TPSA) is 69.2 Å². The molecule has 0 saturated heterocycles.